The van der Waals surface area contributed by atoms with Crippen LogP contribution >= 0.6 is 0 Å². The normalized spacial score (nSPS) is 10.3. The summed E-state index contributed by atoms with van der Waals surface area (Å²) in [5.74, 6) is 1.38. The van der Waals surface area contributed by atoms with Gasteiger partial charge in [0.1, 0.15) is 29.4 Å². The quantitative estimate of drug-likeness (QED) is 0.625. The zero-order chi connectivity index (χ0) is 19.1. The second-order valence-electron chi connectivity index (χ2n) is 5.89. The molecule has 2 aromatic carbocycles. The van der Waals surface area contributed by atoms with Crippen LogP contribution in [0.5, 0.6) is 17.2 Å². The van der Waals surface area contributed by atoms with E-state index < -0.39 is 0 Å². The average molecular weight is 357 g/mol. The van der Waals surface area contributed by atoms with Gasteiger partial charge in [-0.3, -0.25) is 4.79 Å². The van der Waals surface area contributed by atoms with Gasteiger partial charge < -0.3 is 19.1 Å². The summed E-state index contributed by atoms with van der Waals surface area (Å²) < 4.78 is 16.5. The molecule has 0 atom stereocenters. The molecule has 0 aliphatic rings. The Hall–Kier alpha value is -2.69. The molecule has 0 bridgehead atoms. The zero-order valence-electron chi connectivity index (χ0n) is 16.2. The fourth-order valence-corrected chi connectivity index (χ4v) is 2.86. The Morgan fingerprint density at radius 3 is 2.08 bits per heavy atom. The third kappa shape index (κ3) is 4.48. The fourth-order valence-electron chi connectivity index (χ4n) is 2.86. The van der Waals surface area contributed by atoms with E-state index in [1.165, 1.54) is 19.7 Å². The van der Waals surface area contributed by atoms with Crippen molar-refractivity contribution in [2.24, 2.45) is 0 Å². The highest BCUT2D eigenvalue weighted by Crippen LogP contribution is 2.35. The molecule has 0 N–H and O–H groups in total. The van der Waals surface area contributed by atoms with Crippen LogP contribution in [0, 0.1) is 0 Å². The Morgan fingerprint density at radius 1 is 0.962 bits per heavy atom. The maximum absolute atomic E-state index is 12.0. The van der Waals surface area contributed by atoms with E-state index in [4.69, 9.17) is 14.2 Å². The molecule has 0 saturated carbocycles. The number of rotatable bonds is 9. The van der Waals surface area contributed by atoms with E-state index in [0.717, 1.165) is 18.7 Å². The Balaban J connectivity index is 2.22. The van der Waals surface area contributed by atoms with Gasteiger partial charge in [-0.1, -0.05) is 12.1 Å². The number of ether oxygens (including phenoxy) is 3. The second kappa shape index (κ2) is 9.13. The van der Waals surface area contributed by atoms with E-state index in [2.05, 4.69) is 30.9 Å². The van der Waals surface area contributed by atoms with Crippen molar-refractivity contribution in [3.8, 4) is 17.2 Å². The standard InChI is InChI=1S/C21H27NO4/c1-6-22(7-2)17-10-8-16(9-11-17)14-26-20-13-18(24-4)12-19(25-5)21(20)15(3)23/h8-13H,6-7,14H2,1-5H3. The van der Waals surface area contributed by atoms with Crippen LogP contribution in [0.3, 0.4) is 0 Å². The third-order valence-corrected chi connectivity index (χ3v) is 4.31. The zero-order valence-corrected chi connectivity index (χ0v) is 16.2. The molecule has 0 heterocycles. The Kier molecular flexibility index (Phi) is 6.89. The lowest BCUT2D eigenvalue weighted by atomic mass is 10.1. The molecular weight excluding hydrogens is 330 g/mol. The molecule has 5 heteroatoms. The molecule has 2 aromatic rings. The molecule has 5 nitrogen and oxygen atoms in total. The lowest BCUT2D eigenvalue weighted by Crippen LogP contribution is -2.21. The van der Waals surface area contributed by atoms with Gasteiger partial charge in [-0.05, 0) is 38.5 Å². The molecule has 2 rings (SSSR count). The highest BCUT2D eigenvalue weighted by Gasteiger charge is 2.17. The first-order valence-electron chi connectivity index (χ1n) is 8.77. The number of benzene rings is 2. The van der Waals surface area contributed by atoms with Gasteiger partial charge in [-0.15, -0.1) is 0 Å². The first kappa shape index (κ1) is 19.6. The topological polar surface area (TPSA) is 48.0 Å². The minimum atomic E-state index is -0.114. The van der Waals surface area contributed by atoms with E-state index in [1.807, 2.05) is 12.1 Å². The van der Waals surface area contributed by atoms with Crippen molar-refractivity contribution < 1.29 is 19.0 Å². The summed E-state index contributed by atoms with van der Waals surface area (Å²) in [5, 5.41) is 0. The summed E-state index contributed by atoms with van der Waals surface area (Å²) in [5.41, 5.74) is 2.64. The van der Waals surface area contributed by atoms with Crippen LogP contribution in [-0.2, 0) is 6.61 Å². The van der Waals surface area contributed by atoms with Gasteiger partial charge in [0.2, 0.25) is 0 Å². The molecule has 0 amide bonds. The van der Waals surface area contributed by atoms with Gasteiger partial charge in [-0.2, -0.15) is 0 Å². The minimum absolute atomic E-state index is 0.114. The molecule has 0 aliphatic carbocycles. The van der Waals surface area contributed by atoms with Gasteiger partial charge in [0, 0.05) is 30.9 Å². The summed E-state index contributed by atoms with van der Waals surface area (Å²) in [6.45, 7) is 8.07. The number of methoxy groups -OCH3 is 2. The van der Waals surface area contributed by atoms with Gasteiger partial charge in [0.05, 0.1) is 14.2 Å². The van der Waals surface area contributed by atoms with Crippen LogP contribution in [0.15, 0.2) is 36.4 Å². The molecule has 0 fully saturated rings. The smallest absolute Gasteiger partial charge is 0.167 e. The van der Waals surface area contributed by atoms with Crippen LogP contribution < -0.4 is 19.1 Å². The Morgan fingerprint density at radius 2 is 1.58 bits per heavy atom. The van der Waals surface area contributed by atoms with Crippen molar-refractivity contribution in [1.82, 2.24) is 0 Å². The fraction of sp³-hybridized carbons (Fsp3) is 0.381. The Bertz CT molecular complexity index is 736. The van der Waals surface area contributed by atoms with Crippen LogP contribution in [0.1, 0.15) is 36.7 Å². The summed E-state index contributed by atoms with van der Waals surface area (Å²) in [4.78, 5) is 14.3. The number of Topliss-reactive ketones (excluding diaryl/α,β-unsaturated/α-hetero) is 1. The number of hydrogen-bond donors (Lipinski definition) is 0. The molecule has 0 spiro atoms. The lowest BCUT2D eigenvalue weighted by molar-refractivity contribution is 0.101. The van der Waals surface area contributed by atoms with Crippen molar-refractivity contribution in [1.29, 1.82) is 0 Å². The number of carbonyl (C=O) groups is 1. The summed E-state index contributed by atoms with van der Waals surface area (Å²) in [6, 6.07) is 11.6. The maximum atomic E-state index is 12.0. The van der Waals surface area contributed by atoms with Gasteiger partial charge in [0.25, 0.3) is 0 Å². The second-order valence-corrected chi connectivity index (χ2v) is 5.89. The van der Waals surface area contributed by atoms with Gasteiger partial charge in [-0.25, -0.2) is 0 Å². The first-order chi connectivity index (χ1) is 12.5. The molecular formula is C21H27NO4. The number of hydrogen-bond acceptors (Lipinski definition) is 5. The lowest BCUT2D eigenvalue weighted by Gasteiger charge is -2.21. The molecule has 0 radical (unpaired) electrons. The minimum Gasteiger partial charge on any atom is -0.496 e. The molecule has 0 aliphatic heterocycles. The highest BCUT2D eigenvalue weighted by molar-refractivity contribution is 6.00. The molecule has 0 unspecified atom stereocenters. The van der Waals surface area contributed by atoms with E-state index in [1.54, 1.807) is 19.2 Å². The van der Waals surface area contributed by atoms with Crippen LogP contribution in [0.4, 0.5) is 5.69 Å². The van der Waals surface area contributed by atoms with Gasteiger partial charge in [0.15, 0.2) is 5.78 Å². The van der Waals surface area contributed by atoms with E-state index >= 15 is 0 Å². The Labute approximate surface area is 155 Å². The van der Waals surface area contributed by atoms with E-state index in [9.17, 15) is 4.79 Å². The maximum Gasteiger partial charge on any atom is 0.167 e. The molecule has 140 valence electrons. The SMILES string of the molecule is CCN(CC)c1ccc(COc2cc(OC)cc(OC)c2C(C)=O)cc1. The van der Waals surface area contributed by atoms with Crippen molar-refractivity contribution in [3.63, 3.8) is 0 Å². The van der Waals surface area contributed by atoms with Crippen molar-refractivity contribution >= 4 is 11.5 Å². The summed E-state index contributed by atoms with van der Waals surface area (Å²) >= 11 is 0. The number of anilines is 1. The van der Waals surface area contributed by atoms with Crippen molar-refractivity contribution in [3.05, 3.63) is 47.5 Å². The van der Waals surface area contributed by atoms with E-state index in [-0.39, 0.29) is 5.78 Å². The average Bonchev–Trinajstić information content (AvgIpc) is 2.67. The predicted molar refractivity (Wildman–Crippen MR) is 104 cm³/mol. The molecule has 0 saturated heterocycles. The third-order valence-electron chi connectivity index (χ3n) is 4.31. The predicted octanol–water partition coefficient (Wildman–Crippen LogP) is 4.33. The van der Waals surface area contributed by atoms with Crippen LogP contribution in [-0.4, -0.2) is 33.1 Å². The first-order valence-corrected chi connectivity index (χ1v) is 8.77. The summed E-state index contributed by atoms with van der Waals surface area (Å²) in [7, 11) is 3.09. The van der Waals surface area contributed by atoms with Crippen LogP contribution in [0.2, 0.25) is 0 Å². The summed E-state index contributed by atoms with van der Waals surface area (Å²) in [6.07, 6.45) is 0. The number of carbonyl (C=O) groups excluding carboxylic acids is 1. The molecule has 26 heavy (non-hydrogen) atoms. The number of ketones is 1. The largest absolute Gasteiger partial charge is 0.496 e. The van der Waals surface area contributed by atoms with E-state index in [0.29, 0.717) is 29.4 Å². The van der Waals surface area contributed by atoms with Crippen molar-refractivity contribution in [2.75, 3.05) is 32.2 Å². The highest BCUT2D eigenvalue weighted by atomic mass is 16.5. The molecule has 0 aromatic heterocycles. The van der Waals surface area contributed by atoms with Crippen molar-refractivity contribution in [2.45, 2.75) is 27.4 Å². The van der Waals surface area contributed by atoms with Gasteiger partial charge >= 0.3 is 0 Å². The number of nitrogens with zero attached hydrogens (tertiary/aromatic N) is 1. The van der Waals surface area contributed by atoms with Crippen LogP contribution in [0.25, 0.3) is 0 Å². The monoisotopic (exact) mass is 357 g/mol.